The fourth-order valence-electron chi connectivity index (χ4n) is 3.73. The van der Waals surface area contributed by atoms with Gasteiger partial charge in [0.1, 0.15) is 10.7 Å². The number of carbonyl (C=O) groups is 1. The number of halogens is 1. The second-order valence-electron chi connectivity index (χ2n) is 7.66. The van der Waals surface area contributed by atoms with Crippen LogP contribution in [0.4, 0.5) is 10.5 Å². The molecule has 1 aliphatic rings. The number of hydrogen-bond donors (Lipinski definition) is 0. The number of ether oxygens (including phenoxy) is 1. The quantitative estimate of drug-likeness (QED) is 0.194. The summed E-state index contributed by atoms with van der Waals surface area (Å²) in [5.41, 5.74) is 4.17. The molecule has 1 saturated heterocycles. The number of anilines is 1. The van der Waals surface area contributed by atoms with Gasteiger partial charge in [-0.2, -0.15) is 5.10 Å². The monoisotopic (exact) mass is 517 g/mol. The Labute approximate surface area is 218 Å². The molecule has 0 radical (unpaired) electrons. The lowest BCUT2D eigenvalue weighted by Gasteiger charge is -2.15. The number of hydrogen-bond acceptors (Lipinski definition) is 5. The minimum absolute atomic E-state index is 0.145. The van der Waals surface area contributed by atoms with Gasteiger partial charge in [0.15, 0.2) is 0 Å². The molecular weight excluding hydrogens is 498 g/mol. The maximum absolute atomic E-state index is 12.9. The van der Waals surface area contributed by atoms with Gasteiger partial charge in [0, 0.05) is 22.3 Å². The first-order valence-corrected chi connectivity index (χ1v) is 12.6. The average Bonchev–Trinajstić information content (AvgIpc) is 3.41. The molecule has 2 heterocycles. The third-order valence-corrected chi connectivity index (χ3v) is 7.04. The van der Waals surface area contributed by atoms with E-state index in [9.17, 15) is 4.79 Å². The van der Waals surface area contributed by atoms with E-state index in [0.717, 1.165) is 40.0 Å². The van der Waals surface area contributed by atoms with Gasteiger partial charge in [-0.05, 0) is 73.3 Å². The summed E-state index contributed by atoms with van der Waals surface area (Å²) in [6.07, 6.45) is 3.87. The molecule has 0 unspecified atom stereocenters. The van der Waals surface area contributed by atoms with Crippen LogP contribution in [-0.2, 0) is 0 Å². The Bertz CT molecular complexity index is 1420. The van der Waals surface area contributed by atoms with E-state index in [-0.39, 0.29) is 5.24 Å². The molecule has 35 heavy (non-hydrogen) atoms. The van der Waals surface area contributed by atoms with Gasteiger partial charge in [-0.1, -0.05) is 54.2 Å². The first kappa shape index (κ1) is 23.4. The number of benzene rings is 3. The topological polar surface area (TPSA) is 47.4 Å². The molecule has 5 nitrogen and oxygen atoms in total. The molecule has 1 aromatic heterocycles. The van der Waals surface area contributed by atoms with Gasteiger partial charge in [-0.3, -0.25) is 9.69 Å². The molecule has 1 aliphatic heterocycles. The van der Waals surface area contributed by atoms with Crippen LogP contribution >= 0.6 is 35.6 Å². The van der Waals surface area contributed by atoms with Crippen molar-refractivity contribution in [2.24, 2.45) is 0 Å². The summed E-state index contributed by atoms with van der Waals surface area (Å²) < 4.78 is 7.33. The molecule has 4 aromatic rings. The Balaban J connectivity index is 1.52. The highest BCUT2D eigenvalue weighted by molar-refractivity contribution is 8.20. The molecule has 0 aliphatic carbocycles. The van der Waals surface area contributed by atoms with E-state index in [0.29, 0.717) is 27.2 Å². The van der Waals surface area contributed by atoms with Crippen molar-refractivity contribution < 1.29 is 9.53 Å². The van der Waals surface area contributed by atoms with Crippen molar-refractivity contribution >= 4 is 57.6 Å². The lowest BCUT2D eigenvalue weighted by atomic mass is 10.1. The second-order valence-corrected chi connectivity index (χ2v) is 9.48. The summed E-state index contributed by atoms with van der Waals surface area (Å²) in [5.74, 6) is 0.748. The second kappa shape index (κ2) is 10.1. The number of carbonyl (C=O) groups excluding carboxylic acids is 1. The Hall–Kier alpha value is -3.39. The van der Waals surface area contributed by atoms with E-state index in [1.165, 1.54) is 0 Å². The summed E-state index contributed by atoms with van der Waals surface area (Å²) in [4.78, 5) is 15.6. The van der Waals surface area contributed by atoms with E-state index in [4.69, 9.17) is 33.7 Å². The predicted octanol–water partition coefficient (Wildman–Crippen LogP) is 7.63. The Morgan fingerprint density at radius 1 is 1.00 bits per heavy atom. The summed E-state index contributed by atoms with van der Waals surface area (Å²) in [7, 11) is 0. The Kier molecular flexibility index (Phi) is 6.72. The SMILES string of the molecule is CCOc1ccc(N2C(=O)SC(=Cc3cn(-c4ccccc4)nc3-c3ccc(Cl)cc3)C2=S)cc1. The molecule has 3 aromatic carbocycles. The van der Waals surface area contributed by atoms with Crippen molar-refractivity contribution in [3.05, 3.63) is 101 Å². The summed E-state index contributed by atoms with van der Waals surface area (Å²) in [6.45, 7) is 2.51. The smallest absolute Gasteiger partial charge is 0.296 e. The number of aromatic nitrogens is 2. The molecule has 0 saturated carbocycles. The van der Waals surface area contributed by atoms with E-state index >= 15 is 0 Å². The van der Waals surface area contributed by atoms with Crippen molar-refractivity contribution in [1.82, 2.24) is 9.78 Å². The molecule has 0 bridgehead atoms. The van der Waals surface area contributed by atoms with Crippen LogP contribution in [0.3, 0.4) is 0 Å². The van der Waals surface area contributed by atoms with Crippen molar-refractivity contribution in [2.45, 2.75) is 6.92 Å². The zero-order valence-electron chi connectivity index (χ0n) is 18.7. The van der Waals surface area contributed by atoms with Gasteiger partial charge in [0.25, 0.3) is 5.24 Å². The van der Waals surface area contributed by atoms with Crippen LogP contribution in [0.25, 0.3) is 23.0 Å². The molecule has 8 heteroatoms. The third kappa shape index (κ3) is 4.89. The van der Waals surface area contributed by atoms with Crippen molar-refractivity contribution in [1.29, 1.82) is 0 Å². The van der Waals surface area contributed by atoms with Gasteiger partial charge < -0.3 is 4.74 Å². The number of amides is 1. The number of rotatable bonds is 6. The molecule has 5 rings (SSSR count). The van der Waals surface area contributed by atoms with E-state index < -0.39 is 0 Å². The normalized spacial score (nSPS) is 14.7. The van der Waals surface area contributed by atoms with Crippen LogP contribution < -0.4 is 9.64 Å². The fraction of sp³-hybridized carbons (Fsp3) is 0.0741. The van der Waals surface area contributed by atoms with Gasteiger partial charge in [0.2, 0.25) is 0 Å². The first-order chi connectivity index (χ1) is 17.0. The average molecular weight is 518 g/mol. The van der Waals surface area contributed by atoms with E-state index in [1.807, 2.05) is 103 Å². The number of nitrogens with zero attached hydrogens (tertiary/aromatic N) is 3. The minimum atomic E-state index is -0.145. The fourth-order valence-corrected chi connectivity index (χ4v) is 5.12. The molecule has 0 N–H and O–H groups in total. The van der Waals surface area contributed by atoms with Crippen molar-refractivity contribution in [3.63, 3.8) is 0 Å². The lowest BCUT2D eigenvalue weighted by molar-refractivity contribution is 0.268. The van der Waals surface area contributed by atoms with Crippen LogP contribution in [0.1, 0.15) is 12.5 Å². The summed E-state index contributed by atoms with van der Waals surface area (Å²) in [6, 6.07) is 24.7. The highest BCUT2D eigenvalue weighted by atomic mass is 35.5. The van der Waals surface area contributed by atoms with Crippen LogP contribution in [0.15, 0.2) is 90.0 Å². The zero-order chi connectivity index (χ0) is 24.4. The number of thiocarbonyl (C=S) groups is 1. The number of para-hydroxylation sites is 1. The summed E-state index contributed by atoms with van der Waals surface area (Å²) in [5, 5.41) is 5.34. The minimum Gasteiger partial charge on any atom is -0.494 e. The Morgan fingerprint density at radius 2 is 1.71 bits per heavy atom. The van der Waals surface area contributed by atoms with Crippen molar-refractivity contribution in [2.75, 3.05) is 11.5 Å². The molecule has 0 spiro atoms. The largest absolute Gasteiger partial charge is 0.494 e. The van der Waals surface area contributed by atoms with Gasteiger partial charge in [-0.25, -0.2) is 4.68 Å². The van der Waals surface area contributed by atoms with Gasteiger partial charge in [-0.15, -0.1) is 0 Å². The molecule has 1 amide bonds. The standard InChI is InChI=1S/C27H20ClN3O2S2/c1-2-33-23-14-12-22(13-15-23)31-26(34)24(35-27(31)32)16-19-17-30(21-6-4-3-5-7-21)29-25(19)18-8-10-20(28)11-9-18/h3-17H,2H2,1H3. The maximum atomic E-state index is 12.9. The maximum Gasteiger partial charge on any atom is 0.296 e. The zero-order valence-corrected chi connectivity index (χ0v) is 21.1. The lowest BCUT2D eigenvalue weighted by Crippen LogP contribution is -2.26. The van der Waals surface area contributed by atoms with Crippen LogP contribution in [0, 0.1) is 0 Å². The van der Waals surface area contributed by atoms with E-state index in [1.54, 1.807) is 4.90 Å². The third-order valence-electron chi connectivity index (χ3n) is 5.37. The van der Waals surface area contributed by atoms with Crippen LogP contribution in [0.2, 0.25) is 5.02 Å². The van der Waals surface area contributed by atoms with Gasteiger partial charge in [0.05, 0.1) is 28.6 Å². The van der Waals surface area contributed by atoms with Crippen LogP contribution in [0.5, 0.6) is 5.75 Å². The molecule has 0 atom stereocenters. The predicted molar refractivity (Wildman–Crippen MR) is 148 cm³/mol. The first-order valence-electron chi connectivity index (χ1n) is 11.0. The highest BCUT2D eigenvalue weighted by Gasteiger charge is 2.33. The molecular formula is C27H20ClN3O2S2. The molecule has 174 valence electrons. The molecule has 1 fully saturated rings. The Morgan fingerprint density at radius 3 is 2.40 bits per heavy atom. The van der Waals surface area contributed by atoms with Crippen LogP contribution in [-0.4, -0.2) is 26.6 Å². The highest BCUT2D eigenvalue weighted by Crippen LogP contribution is 2.38. The number of thioether (sulfide) groups is 1. The summed E-state index contributed by atoms with van der Waals surface area (Å²) >= 11 is 12.9. The van der Waals surface area contributed by atoms with Crippen molar-refractivity contribution in [3.8, 4) is 22.7 Å². The van der Waals surface area contributed by atoms with E-state index in [2.05, 4.69) is 0 Å². The van der Waals surface area contributed by atoms with Gasteiger partial charge >= 0.3 is 0 Å².